The fourth-order valence-corrected chi connectivity index (χ4v) is 0.448. The highest BCUT2D eigenvalue weighted by Crippen LogP contribution is 1.92. The van der Waals surface area contributed by atoms with Gasteiger partial charge in [-0.2, -0.15) is 0 Å². The summed E-state index contributed by atoms with van der Waals surface area (Å²) in [5.41, 5.74) is 0.0712. The van der Waals surface area contributed by atoms with Crippen molar-refractivity contribution in [3.63, 3.8) is 0 Å². The van der Waals surface area contributed by atoms with Gasteiger partial charge in [0.1, 0.15) is 0 Å². The second-order valence-corrected chi connectivity index (χ2v) is 1.58. The average molecular weight is 142 g/mol. The van der Waals surface area contributed by atoms with Crippen LogP contribution in [0.3, 0.4) is 0 Å². The number of hydrogen-bond acceptors (Lipinski definition) is 3. The van der Waals surface area contributed by atoms with Gasteiger partial charge >= 0.3 is 5.97 Å². The van der Waals surface area contributed by atoms with Crippen LogP contribution in [0.25, 0.3) is 0 Å². The first-order valence-corrected chi connectivity index (χ1v) is 3.04. The minimum atomic E-state index is -0.556. The van der Waals surface area contributed by atoms with Crippen LogP contribution in [0.5, 0.6) is 0 Å². The standard InChI is InChI=1S/C7H10O3/c1-3-6(5-8)7(9)10-4-2/h3,5H,4H2,1-2H3/b6-3+. The molecule has 0 heterocycles. The summed E-state index contributed by atoms with van der Waals surface area (Å²) in [7, 11) is 0. The lowest BCUT2D eigenvalue weighted by Gasteiger charge is -1.97. The van der Waals surface area contributed by atoms with Crippen LogP contribution in [-0.4, -0.2) is 18.9 Å². The molecule has 0 aromatic heterocycles. The Kier molecular flexibility index (Phi) is 4.20. The van der Waals surface area contributed by atoms with Crippen LogP contribution in [-0.2, 0) is 14.3 Å². The number of hydrogen-bond donors (Lipinski definition) is 0. The van der Waals surface area contributed by atoms with E-state index >= 15 is 0 Å². The highest BCUT2D eigenvalue weighted by Gasteiger charge is 2.05. The van der Waals surface area contributed by atoms with Gasteiger partial charge in [0.15, 0.2) is 6.29 Å². The van der Waals surface area contributed by atoms with E-state index in [1.54, 1.807) is 13.8 Å². The second-order valence-electron chi connectivity index (χ2n) is 1.58. The molecule has 0 aliphatic rings. The first-order valence-electron chi connectivity index (χ1n) is 3.04. The molecule has 0 bridgehead atoms. The van der Waals surface area contributed by atoms with E-state index in [0.717, 1.165) is 0 Å². The van der Waals surface area contributed by atoms with Crippen LogP contribution in [0.15, 0.2) is 11.6 Å². The van der Waals surface area contributed by atoms with Crippen LogP contribution in [0.4, 0.5) is 0 Å². The third-order valence-corrected chi connectivity index (χ3v) is 0.949. The molecule has 0 unspecified atom stereocenters. The van der Waals surface area contributed by atoms with Crippen molar-refractivity contribution in [2.24, 2.45) is 0 Å². The Labute approximate surface area is 59.7 Å². The topological polar surface area (TPSA) is 43.4 Å². The Morgan fingerprint density at radius 3 is 2.50 bits per heavy atom. The highest BCUT2D eigenvalue weighted by molar-refractivity contribution is 6.07. The molecule has 10 heavy (non-hydrogen) atoms. The normalized spacial score (nSPS) is 10.8. The van der Waals surface area contributed by atoms with Crippen LogP contribution in [0, 0.1) is 0 Å². The highest BCUT2D eigenvalue weighted by atomic mass is 16.5. The zero-order valence-electron chi connectivity index (χ0n) is 6.09. The number of esters is 1. The van der Waals surface area contributed by atoms with E-state index in [1.807, 2.05) is 0 Å². The maximum Gasteiger partial charge on any atom is 0.341 e. The van der Waals surface area contributed by atoms with Crippen molar-refractivity contribution in [1.82, 2.24) is 0 Å². The average Bonchev–Trinajstić information content (AvgIpc) is 1.91. The zero-order valence-corrected chi connectivity index (χ0v) is 6.09. The SMILES string of the molecule is C/C=C(\C=O)C(=O)OCC. The lowest BCUT2D eigenvalue weighted by Crippen LogP contribution is -2.07. The van der Waals surface area contributed by atoms with Gasteiger partial charge in [-0.1, -0.05) is 6.08 Å². The maximum atomic E-state index is 10.7. The maximum absolute atomic E-state index is 10.7. The molecular weight excluding hydrogens is 132 g/mol. The van der Waals surface area contributed by atoms with Gasteiger partial charge in [-0.3, -0.25) is 4.79 Å². The molecule has 0 amide bonds. The Balaban J connectivity index is 4.04. The molecule has 0 atom stereocenters. The second kappa shape index (κ2) is 4.73. The van der Waals surface area contributed by atoms with Gasteiger partial charge in [0.25, 0.3) is 0 Å². The number of rotatable bonds is 3. The molecule has 3 nitrogen and oxygen atoms in total. The van der Waals surface area contributed by atoms with Crippen LogP contribution in [0.2, 0.25) is 0 Å². The van der Waals surface area contributed by atoms with Crippen LogP contribution in [0.1, 0.15) is 13.8 Å². The number of carbonyl (C=O) groups is 2. The molecule has 56 valence electrons. The third kappa shape index (κ3) is 2.44. The van der Waals surface area contributed by atoms with Crippen molar-refractivity contribution in [3.05, 3.63) is 11.6 Å². The van der Waals surface area contributed by atoms with Crippen molar-refractivity contribution in [2.45, 2.75) is 13.8 Å². The number of aldehydes is 1. The molecule has 0 saturated heterocycles. The van der Waals surface area contributed by atoms with E-state index in [2.05, 4.69) is 4.74 Å². The minimum Gasteiger partial charge on any atom is -0.462 e. The molecule has 3 heteroatoms. The fraction of sp³-hybridized carbons (Fsp3) is 0.429. The van der Waals surface area contributed by atoms with E-state index in [0.29, 0.717) is 12.9 Å². The van der Waals surface area contributed by atoms with Gasteiger partial charge in [-0.25, -0.2) is 4.79 Å². The molecule has 0 N–H and O–H groups in total. The Morgan fingerprint density at radius 1 is 1.60 bits per heavy atom. The monoisotopic (exact) mass is 142 g/mol. The summed E-state index contributed by atoms with van der Waals surface area (Å²) < 4.78 is 4.55. The van der Waals surface area contributed by atoms with E-state index in [1.165, 1.54) is 6.08 Å². The van der Waals surface area contributed by atoms with Crippen molar-refractivity contribution in [2.75, 3.05) is 6.61 Å². The fourth-order valence-electron chi connectivity index (χ4n) is 0.448. The third-order valence-electron chi connectivity index (χ3n) is 0.949. The molecule has 0 spiro atoms. The Hall–Kier alpha value is -1.12. The quantitative estimate of drug-likeness (QED) is 0.191. The van der Waals surface area contributed by atoms with Crippen molar-refractivity contribution < 1.29 is 14.3 Å². The predicted octanol–water partition coefficient (Wildman–Crippen LogP) is 0.695. The number of carbonyl (C=O) groups excluding carboxylic acids is 2. The Bertz CT molecular complexity index is 158. The molecule has 0 aliphatic heterocycles. The first-order chi connectivity index (χ1) is 4.76. The van der Waals surface area contributed by atoms with Gasteiger partial charge in [-0.05, 0) is 13.8 Å². The first kappa shape index (κ1) is 8.88. The molecule has 0 radical (unpaired) electrons. The van der Waals surface area contributed by atoms with Crippen LogP contribution >= 0.6 is 0 Å². The summed E-state index contributed by atoms with van der Waals surface area (Å²) >= 11 is 0. The summed E-state index contributed by atoms with van der Waals surface area (Å²) in [6.07, 6.45) is 1.91. The summed E-state index contributed by atoms with van der Waals surface area (Å²) in [5.74, 6) is -0.556. The molecule has 0 aromatic carbocycles. The van der Waals surface area contributed by atoms with Crippen molar-refractivity contribution in [3.8, 4) is 0 Å². The van der Waals surface area contributed by atoms with Gasteiger partial charge in [0, 0.05) is 0 Å². The van der Waals surface area contributed by atoms with Gasteiger partial charge < -0.3 is 4.74 Å². The molecule has 0 aliphatic carbocycles. The number of ether oxygens (including phenoxy) is 1. The lowest BCUT2D eigenvalue weighted by atomic mass is 10.3. The molecule has 0 fully saturated rings. The van der Waals surface area contributed by atoms with E-state index in [9.17, 15) is 9.59 Å². The van der Waals surface area contributed by atoms with Gasteiger partial charge in [0.2, 0.25) is 0 Å². The van der Waals surface area contributed by atoms with Crippen LogP contribution < -0.4 is 0 Å². The number of allylic oxidation sites excluding steroid dienone is 1. The minimum absolute atomic E-state index is 0.0712. The van der Waals surface area contributed by atoms with Gasteiger partial charge in [-0.15, -0.1) is 0 Å². The Morgan fingerprint density at radius 2 is 2.20 bits per heavy atom. The summed E-state index contributed by atoms with van der Waals surface area (Å²) in [5, 5.41) is 0. The van der Waals surface area contributed by atoms with E-state index in [4.69, 9.17) is 0 Å². The van der Waals surface area contributed by atoms with Crippen molar-refractivity contribution >= 4 is 12.3 Å². The van der Waals surface area contributed by atoms with Gasteiger partial charge in [0.05, 0.1) is 12.2 Å². The van der Waals surface area contributed by atoms with E-state index < -0.39 is 5.97 Å². The summed E-state index contributed by atoms with van der Waals surface area (Å²) in [6.45, 7) is 3.60. The molecule has 0 rings (SSSR count). The molecule has 0 aromatic rings. The smallest absolute Gasteiger partial charge is 0.341 e. The predicted molar refractivity (Wildman–Crippen MR) is 36.5 cm³/mol. The summed E-state index contributed by atoms with van der Waals surface area (Å²) in [6, 6.07) is 0. The lowest BCUT2D eigenvalue weighted by molar-refractivity contribution is -0.139. The zero-order chi connectivity index (χ0) is 7.98. The summed E-state index contributed by atoms with van der Waals surface area (Å²) in [4.78, 5) is 20.8. The molecular formula is C7H10O3. The van der Waals surface area contributed by atoms with E-state index in [-0.39, 0.29) is 5.57 Å². The van der Waals surface area contributed by atoms with Crippen molar-refractivity contribution in [1.29, 1.82) is 0 Å². The molecule has 0 saturated carbocycles. The largest absolute Gasteiger partial charge is 0.462 e.